The van der Waals surface area contributed by atoms with Gasteiger partial charge in [0.25, 0.3) is 0 Å². The average molecular weight is 1160 g/mol. The molecule has 9 amide bonds. The van der Waals surface area contributed by atoms with E-state index in [1.165, 1.54) is 43.0 Å². The summed E-state index contributed by atoms with van der Waals surface area (Å²) >= 11 is 0. The van der Waals surface area contributed by atoms with Crippen LogP contribution in [0.15, 0.2) is 109 Å². The Labute approximate surface area is 490 Å². The molecule has 450 valence electrons. The summed E-state index contributed by atoms with van der Waals surface area (Å²) in [6.45, 7) is 10.4. The lowest BCUT2D eigenvalue weighted by Gasteiger charge is -2.31. The molecule has 8 atom stereocenters. The van der Waals surface area contributed by atoms with Crippen molar-refractivity contribution in [1.29, 1.82) is 0 Å². The summed E-state index contributed by atoms with van der Waals surface area (Å²) in [5.74, 6) is -6.61. The number of amides is 9. The van der Waals surface area contributed by atoms with Gasteiger partial charge in [0.05, 0.1) is 6.61 Å². The number of hydrogen-bond acceptors (Lipinski definition) is 12. The average Bonchev–Trinajstić information content (AvgIpc) is 4.09. The van der Waals surface area contributed by atoms with Gasteiger partial charge in [-0.2, -0.15) is 0 Å². The summed E-state index contributed by atoms with van der Waals surface area (Å²) in [6, 6.07) is 22.5. The van der Waals surface area contributed by atoms with Gasteiger partial charge in [0, 0.05) is 38.8 Å². The summed E-state index contributed by atoms with van der Waals surface area (Å²) in [5.41, 5.74) is 7.24. The van der Waals surface area contributed by atoms with Gasteiger partial charge < -0.3 is 63.4 Å². The van der Waals surface area contributed by atoms with E-state index in [1.54, 1.807) is 6.07 Å². The van der Waals surface area contributed by atoms with E-state index < -0.39 is 108 Å². The first-order chi connectivity index (χ1) is 40.1. The number of carbonyl (C=O) groups excluding carboxylic acids is 9. The Morgan fingerprint density at radius 1 is 0.560 bits per heavy atom. The molecule has 1 saturated heterocycles. The number of rotatable bonds is 30. The van der Waals surface area contributed by atoms with Crippen LogP contribution in [-0.4, -0.2) is 142 Å². The summed E-state index contributed by atoms with van der Waals surface area (Å²) in [7, 11) is 0. The van der Waals surface area contributed by atoms with E-state index in [0.717, 1.165) is 21.5 Å². The summed E-state index contributed by atoms with van der Waals surface area (Å²) in [5, 5.41) is 46.7. The number of phenols is 1. The number of phenolic OH excluding ortho intramolecular Hbond substituents is 1. The monoisotopic (exact) mass is 1150 g/mol. The molecule has 0 saturated carbocycles. The van der Waals surface area contributed by atoms with Gasteiger partial charge in [-0.15, -0.1) is 0 Å². The molecule has 1 aliphatic rings. The molecule has 21 nitrogen and oxygen atoms in total. The minimum absolute atomic E-state index is 0.0385. The molecule has 1 heterocycles. The Balaban J connectivity index is 1.27. The van der Waals surface area contributed by atoms with Crippen LogP contribution in [-0.2, 0) is 62.4 Å². The van der Waals surface area contributed by atoms with Crippen LogP contribution in [0.25, 0.3) is 21.5 Å². The quantitative estimate of drug-likeness (QED) is 0.0296. The highest BCUT2D eigenvalue weighted by Crippen LogP contribution is 2.23. The molecule has 1 fully saturated rings. The van der Waals surface area contributed by atoms with Crippen molar-refractivity contribution < 1.29 is 53.4 Å². The molecule has 0 aromatic heterocycles. The van der Waals surface area contributed by atoms with E-state index in [-0.39, 0.29) is 56.4 Å². The van der Waals surface area contributed by atoms with Gasteiger partial charge in [0.2, 0.25) is 53.2 Å². The number of carbonyl (C=O) groups is 9. The van der Waals surface area contributed by atoms with Crippen LogP contribution in [0.4, 0.5) is 0 Å². The van der Waals surface area contributed by atoms with Crippen LogP contribution in [0.5, 0.6) is 5.75 Å². The minimum Gasteiger partial charge on any atom is -0.508 e. The molecule has 0 radical (unpaired) electrons. The van der Waals surface area contributed by atoms with Crippen molar-refractivity contribution in [2.24, 2.45) is 11.7 Å². The molecular formula is C63H82N10O11. The maximum Gasteiger partial charge on any atom is 0.245 e. The van der Waals surface area contributed by atoms with Gasteiger partial charge in [0.1, 0.15) is 54.1 Å². The van der Waals surface area contributed by atoms with E-state index in [2.05, 4.69) is 42.5 Å². The molecule has 5 aromatic rings. The van der Waals surface area contributed by atoms with Gasteiger partial charge >= 0.3 is 0 Å². The van der Waals surface area contributed by atoms with Gasteiger partial charge in [-0.3, -0.25) is 43.2 Å². The molecule has 21 heteroatoms. The standard InChI is InChI=1S/C63H82N10O11/c1-37(2)30-50(57(78)68-49(18-11-12-28-65-38(3)4)63(84)73-29-13-19-55(73)62(83)66-39(5)56(64)77)69-60(81)53(35-43-21-25-45-15-8-10-17-47(45)32-43)70-59(80)52(33-41-22-26-48(76)27-23-41)71-61(82)54(36-74)72-58(79)51(67-40(6)75)34-42-20-24-44-14-7-9-16-46(44)31-42/h7-10,14-17,20-27,31-32,37-39,49-55,65,74,76H,11-13,18-19,28-30,33-36H2,1-6H3,(H2,64,77)(H,66,83)(H,67,75)(H,68,78)(H,69,81)(H,70,80)(H,71,82)(H,72,79)/t39-,49+,50+,51+,52+,53+,54+,55+/m1/s1. The SMILES string of the molecule is CC(=O)N[C@@H](Cc1ccc2ccccc2c1)C(=O)N[C@@H](CO)C(=O)N[C@@H](Cc1ccc(O)cc1)C(=O)N[C@@H](Cc1ccc2ccccc2c1)C(=O)N[C@@H](CC(C)C)C(=O)N[C@@H](CCCCNC(C)C)C(=O)N1CCC[C@H]1C(=O)N[C@H](C)C(N)=O. The number of unbranched alkanes of at least 4 members (excludes halogenated alkanes) is 1. The minimum atomic E-state index is -1.63. The van der Waals surface area contributed by atoms with Crippen LogP contribution in [0, 0.1) is 5.92 Å². The number of nitrogens with two attached hydrogens (primary N) is 1. The highest BCUT2D eigenvalue weighted by Gasteiger charge is 2.40. The van der Waals surface area contributed by atoms with Crippen LogP contribution in [0.3, 0.4) is 0 Å². The fraction of sp³-hybridized carbons (Fsp3) is 0.444. The third-order valence-corrected chi connectivity index (χ3v) is 14.7. The topological polar surface area (TPSA) is 320 Å². The number of hydrogen-bond donors (Lipinski definition) is 11. The molecule has 5 aromatic carbocycles. The van der Waals surface area contributed by atoms with Crippen molar-refractivity contribution in [2.75, 3.05) is 19.7 Å². The zero-order valence-corrected chi connectivity index (χ0v) is 48.7. The lowest BCUT2D eigenvalue weighted by Crippen LogP contribution is -2.61. The first-order valence-corrected chi connectivity index (χ1v) is 28.9. The molecule has 6 rings (SSSR count). The Morgan fingerprint density at radius 3 is 1.54 bits per heavy atom. The third kappa shape index (κ3) is 19.3. The zero-order valence-electron chi connectivity index (χ0n) is 48.7. The zero-order chi connectivity index (χ0) is 61.0. The maximum atomic E-state index is 15.0. The maximum absolute atomic E-state index is 15.0. The lowest BCUT2D eigenvalue weighted by molar-refractivity contribution is -0.142. The number of nitrogens with zero attached hydrogens (tertiary/aromatic N) is 1. The second-order valence-electron chi connectivity index (χ2n) is 22.4. The number of aromatic hydroxyl groups is 1. The highest BCUT2D eigenvalue weighted by molar-refractivity contribution is 5.99. The number of benzene rings is 5. The first-order valence-electron chi connectivity index (χ1n) is 28.9. The molecular weight excluding hydrogens is 1070 g/mol. The fourth-order valence-electron chi connectivity index (χ4n) is 10.2. The Kier molecular flexibility index (Phi) is 24.1. The predicted molar refractivity (Wildman–Crippen MR) is 319 cm³/mol. The molecule has 12 N–H and O–H groups in total. The van der Waals surface area contributed by atoms with Crippen molar-refractivity contribution >= 4 is 74.7 Å². The molecule has 0 unspecified atom stereocenters. The van der Waals surface area contributed by atoms with E-state index in [1.807, 2.05) is 107 Å². The van der Waals surface area contributed by atoms with Crippen LogP contribution in [0.2, 0.25) is 0 Å². The van der Waals surface area contributed by atoms with Crippen molar-refractivity contribution in [3.63, 3.8) is 0 Å². The van der Waals surface area contributed by atoms with Crippen LogP contribution < -0.4 is 48.3 Å². The summed E-state index contributed by atoms with van der Waals surface area (Å²) < 4.78 is 0. The van der Waals surface area contributed by atoms with E-state index in [9.17, 15) is 53.4 Å². The van der Waals surface area contributed by atoms with Crippen molar-refractivity contribution in [3.05, 3.63) is 126 Å². The Hall–Kier alpha value is -8.43. The third-order valence-electron chi connectivity index (χ3n) is 14.7. The van der Waals surface area contributed by atoms with Crippen molar-refractivity contribution in [3.8, 4) is 5.75 Å². The molecule has 0 spiro atoms. The molecule has 0 aliphatic carbocycles. The Bertz CT molecular complexity index is 3120. The second kappa shape index (κ2) is 31.3. The largest absolute Gasteiger partial charge is 0.508 e. The fourth-order valence-corrected chi connectivity index (χ4v) is 10.2. The number of aliphatic hydroxyl groups excluding tert-OH is 1. The predicted octanol–water partition coefficient (Wildman–Crippen LogP) is 2.84. The number of fused-ring (bicyclic) bond motifs is 2. The van der Waals surface area contributed by atoms with E-state index in [4.69, 9.17) is 5.73 Å². The molecule has 1 aliphatic heterocycles. The van der Waals surface area contributed by atoms with E-state index in [0.29, 0.717) is 48.9 Å². The van der Waals surface area contributed by atoms with E-state index >= 15 is 0 Å². The normalized spacial score (nSPS) is 15.7. The molecule has 84 heavy (non-hydrogen) atoms. The van der Waals surface area contributed by atoms with Crippen LogP contribution >= 0.6 is 0 Å². The number of primary amides is 1. The van der Waals surface area contributed by atoms with Gasteiger partial charge in [-0.1, -0.05) is 125 Å². The first kappa shape index (κ1) is 64.7. The number of likely N-dealkylation sites (tertiary alicyclic amines) is 1. The number of nitrogens with one attached hydrogen (secondary N) is 8. The van der Waals surface area contributed by atoms with Gasteiger partial charge in [-0.25, -0.2) is 0 Å². The second-order valence-corrected chi connectivity index (χ2v) is 22.4. The Morgan fingerprint density at radius 2 is 1.02 bits per heavy atom. The van der Waals surface area contributed by atoms with Crippen molar-refractivity contribution in [2.45, 2.75) is 154 Å². The summed E-state index contributed by atoms with van der Waals surface area (Å²) in [6.07, 6.45) is 2.03. The van der Waals surface area contributed by atoms with Crippen LogP contribution in [0.1, 0.15) is 96.8 Å². The van der Waals surface area contributed by atoms with Gasteiger partial charge in [-0.05, 0) is 108 Å². The highest BCUT2D eigenvalue weighted by atomic mass is 16.3. The van der Waals surface area contributed by atoms with Crippen molar-refractivity contribution in [1.82, 2.24) is 47.4 Å². The smallest absolute Gasteiger partial charge is 0.245 e. The molecule has 0 bridgehead atoms. The van der Waals surface area contributed by atoms with Gasteiger partial charge in [0.15, 0.2) is 0 Å². The summed E-state index contributed by atoms with van der Waals surface area (Å²) in [4.78, 5) is 126. The number of aliphatic hydroxyl groups is 1. The lowest BCUT2D eigenvalue weighted by atomic mass is 9.98.